The van der Waals surface area contributed by atoms with Crippen molar-refractivity contribution in [1.29, 1.82) is 0 Å². The van der Waals surface area contributed by atoms with Crippen LogP contribution in [0.1, 0.15) is 36.8 Å². The van der Waals surface area contributed by atoms with Crippen LogP contribution < -0.4 is 4.74 Å². The average Bonchev–Trinajstić information content (AvgIpc) is 2.66. The minimum Gasteiger partial charge on any atom is -0.494 e. The Hall–Kier alpha value is -1.20. The number of nitrogens with zero attached hydrogens (tertiary/aromatic N) is 2. The molecule has 138 valence electrons. The lowest BCUT2D eigenvalue weighted by Gasteiger charge is -2.29. The molecule has 2 aliphatic heterocycles. The highest BCUT2D eigenvalue weighted by Crippen LogP contribution is 2.24. The molecule has 1 saturated heterocycles. The summed E-state index contributed by atoms with van der Waals surface area (Å²) in [7, 11) is 0. The minimum absolute atomic E-state index is 0.246. The predicted octanol–water partition coefficient (Wildman–Crippen LogP) is 3.19. The highest BCUT2D eigenvalue weighted by molar-refractivity contribution is 7.99. The molecule has 0 bridgehead atoms. The average molecular weight is 363 g/mol. The van der Waals surface area contributed by atoms with Crippen LogP contribution >= 0.6 is 11.8 Å². The highest BCUT2D eigenvalue weighted by Gasteiger charge is 2.20. The Labute approximate surface area is 155 Å². The van der Waals surface area contributed by atoms with E-state index in [1.165, 1.54) is 43.5 Å². The van der Waals surface area contributed by atoms with Gasteiger partial charge in [-0.1, -0.05) is 12.5 Å². The quantitative estimate of drug-likeness (QED) is 0.698. The molecular weight excluding hydrogens is 332 g/mol. The summed E-state index contributed by atoms with van der Waals surface area (Å²) in [6.45, 7) is 6.01. The Bertz CT molecular complexity index is 573. The second-order valence-corrected chi connectivity index (χ2v) is 7.90. The number of carbonyl (C=O) groups excluding carboxylic acids is 1. The van der Waals surface area contributed by atoms with Crippen LogP contribution in [0.5, 0.6) is 5.75 Å². The highest BCUT2D eigenvalue weighted by atomic mass is 32.2. The van der Waals surface area contributed by atoms with Crippen LogP contribution in [0.3, 0.4) is 0 Å². The van der Waals surface area contributed by atoms with Gasteiger partial charge in [0.1, 0.15) is 5.75 Å². The molecule has 2 aliphatic rings. The molecule has 0 radical (unpaired) electrons. The Morgan fingerprint density at radius 2 is 2.00 bits per heavy atom. The SMILES string of the molecule is CSCC(=O)N1CCc2cc(OCCCN3CCCCC3)ccc2C1. The van der Waals surface area contributed by atoms with Gasteiger partial charge in [0.15, 0.2) is 0 Å². The van der Waals surface area contributed by atoms with E-state index in [0.717, 1.165) is 44.8 Å². The predicted molar refractivity (Wildman–Crippen MR) is 104 cm³/mol. The van der Waals surface area contributed by atoms with Crippen LogP contribution in [0.25, 0.3) is 0 Å². The normalized spacial score (nSPS) is 18.0. The van der Waals surface area contributed by atoms with Gasteiger partial charge in [-0.2, -0.15) is 11.8 Å². The van der Waals surface area contributed by atoms with Crippen LogP contribution in [0.2, 0.25) is 0 Å². The molecular formula is C20H30N2O2S. The molecule has 0 aliphatic carbocycles. The largest absolute Gasteiger partial charge is 0.494 e. The number of ether oxygens (including phenoxy) is 1. The van der Waals surface area contributed by atoms with Gasteiger partial charge >= 0.3 is 0 Å². The lowest BCUT2D eigenvalue weighted by atomic mass is 9.99. The summed E-state index contributed by atoms with van der Waals surface area (Å²) in [4.78, 5) is 16.6. The second kappa shape index (κ2) is 9.48. The molecule has 1 aromatic rings. The Morgan fingerprint density at radius 3 is 2.80 bits per heavy atom. The van der Waals surface area contributed by atoms with Crippen LogP contribution in [0.15, 0.2) is 18.2 Å². The molecule has 0 spiro atoms. The molecule has 0 aromatic heterocycles. The number of piperidine rings is 1. The van der Waals surface area contributed by atoms with Gasteiger partial charge in [0.25, 0.3) is 0 Å². The Morgan fingerprint density at radius 1 is 1.16 bits per heavy atom. The van der Waals surface area contributed by atoms with Crippen LogP contribution in [-0.4, -0.2) is 60.5 Å². The number of hydrogen-bond acceptors (Lipinski definition) is 4. The first-order valence-corrected chi connectivity index (χ1v) is 10.9. The summed E-state index contributed by atoms with van der Waals surface area (Å²) in [5, 5.41) is 0. The van der Waals surface area contributed by atoms with Gasteiger partial charge in [-0.3, -0.25) is 4.79 Å². The maximum absolute atomic E-state index is 12.1. The van der Waals surface area contributed by atoms with Crippen molar-refractivity contribution in [1.82, 2.24) is 9.80 Å². The van der Waals surface area contributed by atoms with Crippen LogP contribution in [0, 0.1) is 0 Å². The fourth-order valence-corrected chi connectivity index (χ4v) is 4.14. The van der Waals surface area contributed by atoms with E-state index in [2.05, 4.69) is 23.1 Å². The van der Waals surface area contributed by atoms with E-state index in [1.54, 1.807) is 11.8 Å². The summed E-state index contributed by atoms with van der Waals surface area (Å²) in [6.07, 6.45) is 8.09. The second-order valence-electron chi connectivity index (χ2n) is 7.03. The maximum Gasteiger partial charge on any atom is 0.232 e. The fraction of sp³-hybridized carbons (Fsp3) is 0.650. The van der Waals surface area contributed by atoms with Crippen molar-refractivity contribution in [2.45, 2.75) is 38.6 Å². The molecule has 1 aromatic carbocycles. The molecule has 0 unspecified atom stereocenters. The third-order valence-corrected chi connectivity index (χ3v) is 5.68. The zero-order valence-corrected chi connectivity index (χ0v) is 16.2. The summed E-state index contributed by atoms with van der Waals surface area (Å²) >= 11 is 1.59. The third-order valence-electron chi connectivity index (χ3n) is 5.15. The number of carbonyl (C=O) groups is 1. The van der Waals surface area contributed by atoms with Crippen molar-refractivity contribution in [2.75, 3.05) is 44.8 Å². The van der Waals surface area contributed by atoms with Gasteiger partial charge in [-0.25, -0.2) is 0 Å². The van der Waals surface area contributed by atoms with Gasteiger partial charge in [-0.05, 0) is 68.3 Å². The Balaban J connectivity index is 1.44. The van der Waals surface area contributed by atoms with Gasteiger partial charge < -0.3 is 14.5 Å². The Kier molecular flexibility index (Phi) is 7.05. The molecule has 0 N–H and O–H groups in total. The molecule has 25 heavy (non-hydrogen) atoms. The van der Waals surface area contributed by atoms with E-state index in [0.29, 0.717) is 5.75 Å². The number of amides is 1. The first-order chi connectivity index (χ1) is 12.3. The summed E-state index contributed by atoms with van der Waals surface area (Å²) in [5.74, 6) is 1.80. The number of benzene rings is 1. The van der Waals surface area contributed by atoms with Gasteiger partial charge in [0.05, 0.1) is 12.4 Å². The van der Waals surface area contributed by atoms with E-state index in [-0.39, 0.29) is 5.91 Å². The van der Waals surface area contributed by atoms with E-state index in [9.17, 15) is 4.79 Å². The number of hydrogen-bond donors (Lipinski definition) is 0. The molecule has 3 rings (SSSR count). The van der Waals surface area contributed by atoms with Crippen molar-refractivity contribution < 1.29 is 9.53 Å². The topological polar surface area (TPSA) is 32.8 Å². The van der Waals surface area contributed by atoms with Gasteiger partial charge in [-0.15, -0.1) is 0 Å². The monoisotopic (exact) mass is 362 g/mol. The van der Waals surface area contributed by atoms with Crippen LogP contribution in [-0.2, 0) is 17.8 Å². The van der Waals surface area contributed by atoms with Gasteiger partial charge in [0, 0.05) is 19.6 Å². The number of fused-ring (bicyclic) bond motifs is 1. The van der Waals surface area contributed by atoms with Crippen molar-refractivity contribution in [3.63, 3.8) is 0 Å². The summed E-state index contributed by atoms with van der Waals surface area (Å²) in [6, 6.07) is 6.36. The first kappa shape index (κ1) is 18.6. The first-order valence-electron chi connectivity index (χ1n) is 9.50. The smallest absolute Gasteiger partial charge is 0.232 e. The van der Waals surface area contributed by atoms with Crippen molar-refractivity contribution >= 4 is 17.7 Å². The zero-order valence-electron chi connectivity index (χ0n) is 15.3. The number of likely N-dealkylation sites (tertiary alicyclic amines) is 1. The minimum atomic E-state index is 0.246. The molecule has 4 nitrogen and oxygen atoms in total. The molecule has 0 saturated carbocycles. The lowest BCUT2D eigenvalue weighted by molar-refractivity contribution is -0.129. The fourth-order valence-electron chi connectivity index (χ4n) is 3.71. The van der Waals surface area contributed by atoms with E-state index >= 15 is 0 Å². The molecule has 2 heterocycles. The summed E-state index contributed by atoms with van der Waals surface area (Å²) < 4.78 is 5.97. The van der Waals surface area contributed by atoms with Gasteiger partial charge in [0.2, 0.25) is 5.91 Å². The third kappa shape index (κ3) is 5.38. The van der Waals surface area contributed by atoms with E-state index in [1.807, 2.05) is 11.2 Å². The molecule has 5 heteroatoms. The van der Waals surface area contributed by atoms with Crippen molar-refractivity contribution in [3.8, 4) is 5.75 Å². The molecule has 1 amide bonds. The zero-order chi connectivity index (χ0) is 17.5. The van der Waals surface area contributed by atoms with E-state index in [4.69, 9.17) is 4.74 Å². The van der Waals surface area contributed by atoms with Crippen molar-refractivity contribution in [3.05, 3.63) is 29.3 Å². The number of rotatable bonds is 7. The molecule has 1 fully saturated rings. The lowest BCUT2D eigenvalue weighted by Crippen LogP contribution is -2.37. The van der Waals surface area contributed by atoms with Crippen LogP contribution in [0.4, 0.5) is 0 Å². The molecule has 0 atom stereocenters. The number of thioether (sulfide) groups is 1. The maximum atomic E-state index is 12.1. The standard InChI is InChI=1S/C20H30N2O2S/c1-25-16-20(23)22-12-8-17-14-19(7-6-18(17)15-22)24-13-5-11-21-9-3-2-4-10-21/h6-7,14H,2-5,8-13,15-16H2,1H3. The summed E-state index contributed by atoms with van der Waals surface area (Å²) in [5.41, 5.74) is 2.60. The van der Waals surface area contributed by atoms with Crippen molar-refractivity contribution in [2.24, 2.45) is 0 Å². The van der Waals surface area contributed by atoms with E-state index < -0.39 is 0 Å².